The van der Waals surface area contributed by atoms with Crippen LogP contribution in [-0.4, -0.2) is 22.4 Å². The molecule has 1 aromatic carbocycles. The van der Waals surface area contributed by atoms with Gasteiger partial charge in [-0.1, -0.05) is 31.0 Å². The van der Waals surface area contributed by atoms with Crippen molar-refractivity contribution in [3.8, 4) is 0 Å². The van der Waals surface area contributed by atoms with E-state index in [2.05, 4.69) is 0 Å². The van der Waals surface area contributed by atoms with Gasteiger partial charge in [-0.2, -0.15) is 0 Å². The Bertz CT molecular complexity index is 344. The molecule has 0 aliphatic carbocycles. The molecular weight excluding hydrogens is 231 g/mol. The summed E-state index contributed by atoms with van der Waals surface area (Å²) in [5.41, 5.74) is 0.629. The molecule has 0 aromatic heterocycles. The van der Waals surface area contributed by atoms with Crippen molar-refractivity contribution in [2.45, 2.75) is 38.4 Å². The lowest BCUT2D eigenvalue weighted by molar-refractivity contribution is 0.0148. The van der Waals surface area contributed by atoms with E-state index in [0.29, 0.717) is 12.0 Å². The average molecular weight is 247 g/mol. The van der Waals surface area contributed by atoms with Gasteiger partial charge in [0.15, 0.2) is 0 Å². The van der Waals surface area contributed by atoms with E-state index >= 15 is 0 Å². The van der Waals surface area contributed by atoms with E-state index in [9.17, 15) is 14.6 Å². The van der Waals surface area contributed by atoms with Gasteiger partial charge >= 0.3 is 0 Å². The fourth-order valence-corrected chi connectivity index (χ4v) is 1.65. The molecule has 0 spiro atoms. The van der Waals surface area contributed by atoms with Gasteiger partial charge in [-0.15, -0.1) is 0 Å². The summed E-state index contributed by atoms with van der Waals surface area (Å²) < 4.78 is 13.1. The summed E-state index contributed by atoms with van der Waals surface area (Å²) in [5, 5.41) is 19.3. The summed E-state index contributed by atoms with van der Waals surface area (Å²) in [6, 6.07) is 4.38. The van der Waals surface area contributed by atoms with Crippen molar-refractivity contribution in [3.05, 3.63) is 34.6 Å². The summed E-state index contributed by atoms with van der Waals surface area (Å²) in [4.78, 5) is 0. The maximum absolute atomic E-state index is 13.1. The van der Waals surface area contributed by atoms with E-state index in [1.165, 1.54) is 12.1 Å². The normalized spacial score (nSPS) is 14.8. The third-order valence-corrected chi connectivity index (χ3v) is 2.76. The second kappa shape index (κ2) is 6.18. The lowest BCUT2D eigenvalue weighted by atomic mass is 10.0. The van der Waals surface area contributed by atoms with Crippen LogP contribution in [-0.2, 0) is 6.42 Å². The van der Waals surface area contributed by atoms with E-state index in [1.807, 2.05) is 6.92 Å². The zero-order valence-corrected chi connectivity index (χ0v) is 9.91. The highest BCUT2D eigenvalue weighted by molar-refractivity contribution is 6.30. The fourth-order valence-electron chi connectivity index (χ4n) is 1.53. The zero-order chi connectivity index (χ0) is 12.1. The standard InChI is InChI=1S/C12H16ClFO2/c1-2-3-11(15)12(16)7-8-4-5-9(13)10(14)6-8/h4-6,11-12,15-16H,2-3,7H2,1H3. The van der Waals surface area contributed by atoms with Crippen LogP contribution in [0, 0.1) is 5.82 Å². The van der Waals surface area contributed by atoms with Gasteiger partial charge in [0, 0.05) is 6.42 Å². The number of hydrogen-bond donors (Lipinski definition) is 2. The minimum Gasteiger partial charge on any atom is -0.390 e. The molecule has 0 aliphatic heterocycles. The molecule has 1 rings (SSSR count). The largest absolute Gasteiger partial charge is 0.390 e. The summed E-state index contributed by atoms with van der Waals surface area (Å²) >= 11 is 5.54. The highest BCUT2D eigenvalue weighted by Gasteiger charge is 2.16. The first kappa shape index (κ1) is 13.4. The molecule has 0 amide bonds. The number of hydrogen-bond acceptors (Lipinski definition) is 2. The van der Waals surface area contributed by atoms with Crippen LogP contribution in [0.2, 0.25) is 5.02 Å². The van der Waals surface area contributed by atoms with E-state index in [0.717, 1.165) is 6.42 Å². The Hall–Kier alpha value is -0.640. The Balaban J connectivity index is 2.62. The predicted octanol–water partition coefficient (Wildman–Crippen LogP) is 2.54. The van der Waals surface area contributed by atoms with Gasteiger partial charge in [-0.3, -0.25) is 0 Å². The maximum Gasteiger partial charge on any atom is 0.142 e. The highest BCUT2D eigenvalue weighted by Crippen LogP contribution is 2.17. The molecule has 4 heteroatoms. The summed E-state index contributed by atoms with van der Waals surface area (Å²) in [6.07, 6.45) is -0.0519. The van der Waals surface area contributed by atoms with Gasteiger partial charge < -0.3 is 10.2 Å². The molecule has 0 radical (unpaired) electrons. The first-order valence-corrected chi connectivity index (χ1v) is 5.72. The third-order valence-electron chi connectivity index (χ3n) is 2.46. The van der Waals surface area contributed by atoms with Gasteiger partial charge in [-0.25, -0.2) is 4.39 Å². The van der Waals surface area contributed by atoms with E-state index in [-0.39, 0.29) is 11.4 Å². The molecule has 90 valence electrons. The quantitative estimate of drug-likeness (QED) is 0.838. The van der Waals surface area contributed by atoms with Gasteiger partial charge in [0.2, 0.25) is 0 Å². The van der Waals surface area contributed by atoms with Crippen LogP contribution in [0.4, 0.5) is 4.39 Å². The molecule has 16 heavy (non-hydrogen) atoms. The predicted molar refractivity (Wildman–Crippen MR) is 62.0 cm³/mol. The minimum atomic E-state index is -0.861. The van der Waals surface area contributed by atoms with Crippen LogP contribution >= 0.6 is 11.6 Å². The van der Waals surface area contributed by atoms with Gasteiger partial charge in [0.25, 0.3) is 0 Å². The van der Waals surface area contributed by atoms with Crippen molar-refractivity contribution >= 4 is 11.6 Å². The Morgan fingerprint density at radius 1 is 1.31 bits per heavy atom. The molecule has 0 saturated carbocycles. The Morgan fingerprint density at radius 3 is 2.56 bits per heavy atom. The maximum atomic E-state index is 13.1. The number of aliphatic hydroxyl groups excluding tert-OH is 2. The van der Waals surface area contributed by atoms with Crippen molar-refractivity contribution in [1.82, 2.24) is 0 Å². The molecular formula is C12H16ClFO2. The summed E-state index contributed by atoms with van der Waals surface area (Å²) in [6.45, 7) is 1.93. The number of aliphatic hydroxyl groups is 2. The lowest BCUT2D eigenvalue weighted by Crippen LogP contribution is -2.27. The van der Waals surface area contributed by atoms with Crippen molar-refractivity contribution in [1.29, 1.82) is 0 Å². The monoisotopic (exact) mass is 246 g/mol. The van der Waals surface area contributed by atoms with Crippen molar-refractivity contribution in [3.63, 3.8) is 0 Å². The Labute approximate surface area is 99.7 Å². The topological polar surface area (TPSA) is 40.5 Å². The molecule has 0 aliphatic rings. The molecule has 0 fully saturated rings. The molecule has 0 heterocycles. The molecule has 1 aromatic rings. The number of rotatable bonds is 5. The second-order valence-corrected chi connectivity index (χ2v) is 4.28. The van der Waals surface area contributed by atoms with Crippen LogP contribution in [0.5, 0.6) is 0 Å². The fraction of sp³-hybridized carbons (Fsp3) is 0.500. The van der Waals surface area contributed by atoms with E-state index < -0.39 is 18.0 Å². The van der Waals surface area contributed by atoms with Crippen LogP contribution in [0.25, 0.3) is 0 Å². The second-order valence-electron chi connectivity index (χ2n) is 3.88. The van der Waals surface area contributed by atoms with Crippen LogP contribution in [0.1, 0.15) is 25.3 Å². The molecule has 0 bridgehead atoms. The first-order chi connectivity index (χ1) is 7.54. The van der Waals surface area contributed by atoms with Crippen LogP contribution in [0.15, 0.2) is 18.2 Å². The molecule has 2 unspecified atom stereocenters. The van der Waals surface area contributed by atoms with Gasteiger partial charge in [0.05, 0.1) is 17.2 Å². The smallest absolute Gasteiger partial charge is 0.142 e. The minimum absolute atomic E-state index is 0.0624. The molecule has 0 saturated heterocycles. The average Bonchev–Trinajstić information content (AvgIpc) is 2.24. The van der Waals surface area contributed by atoms with E-state index in [1.54, 1.807) is 6.07 Å². The molecule has 2 atom stereocenters. The molecule has 2 nitrogen and oxygen atoms in total. The number of benzene rings is 1. The third kappa shape index (κ3) is 3.74. The van der Waals surface area contributed by atoms with Gasteiger partial charge in [-0.05, 0) is 24.1 Å². The summed E-state index contributed by atoms with van der Waals surface area (Å²) in [7, 11) is 0. The highest BCUT2D eigenvalue weighted by atomic mass is 35.5. The lowest BCUT2D eigenvalue weighted by Gasteiger charge is -2.17. The van der Waals surface area contributed by atoms with Crippen LogP contribution < -0.4 is 0 Å². The van der Waals surface area contributed by atoms with E-state index in [4.69, 9.17) is 11.6 Å². The van der Waals surface area contributed by atoms with Crippen molar-refractivity contribution in [2.24, 2.45) is 0 Å². The van der Waals surface area contributed by atoms with Crippen molar-refractivity contribution < 1.29 is 14.6 Å². The Morgan fingerprint density at radius 2 is 2.00 bits per heavy atom. The SMILES string of the molecule is CCCC(O)C(O)Cc1ccc(Cl)c(F)c1. The molecule has 2 N–H and O–H groups in total. The Kier molecular flexibility index (Phi) is 5.19. The van der Waals surface area contributed by atoms with Crippen LogP contribution in [0.3, 0.4) is 0 Å². The zero-order valence-electron chi connectivity index (χ0n) is 9.16. The number of halogens is 2. The summed E-state index contributed by atoms with van der Waals surface area (Å²) in [5.74, 6) is -0.503. The van der Waals surface area contributed by atoms with Crippen molar-refractivity contribution in [2.75, 3.05) is 0 Å². The van der Waals surface area contributed by atoms with Gasteiger partial charge in [0.1, 0.15) is 5.82 Å². The first-order valence-electron chi connectivity index (χ1n) is 5.34.